The lowest BCUT2D eigenvalue weighted by molar-refractivity contribution is 1.29. The van der Waals surface area contributed by atoms with Crippen LogP contribution < -0.4 is 4.90 Å². The van der Waals surface area contributed by atoms with Gasteiger partial charge in [-0.1, -0.05) is 146 Å². The number of hydrogen-bond donors (Lipinski definition) is 0. The number of nitrogens with zero attached hydrogens (tertiary/aromatic N) is 3. The highest BCUT2D eigenvalue weighted by Gasteiger charge is 2.27. The number of benzene rings is 8. The van der Waals surface area contributed by atoms with Crippen LogP contribution in [0.5, 0.6) is 0 Å². The maximum Gasteiger partial charge on any atom is 0.0780 e. The van der Waals surface area contributed by atoms with E-state index < -0.39 is 0 Å². The molecule has 1 aliphatic heterocycles. The van der Waals surface area contributed by atoms with E-state index in [0.29, 0.717) is 0 Å². The maximum atomic E-state index is 5.40. The van der Waals surface area contributed by atoms with Crippen LogP contribution in [0, 0.1) is 6.92 Å². The molecule has 0 amide bonds. The van der Waals surface area contributed by atoms with E-state index in [-0.39, 0.29) is 0 Å². The van der Waals surface area contributed by atoms with Crippen molar-refractivity contribution in [1.29, 1.82) is 0 Å². The minimum atomic E-state index is 0.983. The van der Waals surface area contributed by atoms with Gasteiger partial charge in [-0.25, -0.2) is 4.98 Å². The van der Waals surface area contributed by atoms with Gasteiger partial charge in [0.05, 0.1) is 33.8 Å². The first-order valence-corrected chi connectivity index (χ1v) is 18.5. The molecule has 3 heterocycles. The predicted molar refractivity (Wildman–Crippen MR) is 227 cm³/mol. The van der Waals surface area contributed by atoms with Crippen LogP contribution in [0.3, 0.4) is 0 Å². The zero-order valence-corrected chi connectivity index (χ0v) is 29.7. The highest BCUT2D eigenvalue weighted by Crippen LogP contribution is 2.52. The van der Waals surface area contributed by atoms with Gasteiger partial charge in [-0.15, -0.1) is 0 Å². The highest BCUT2D eigenvalue weighted by molar-refractivity contribution is 6.17. The fraction of sp³-hybridized carbons (Fsp3) is 0.0196. The third kappa shape index (κ3) is 4.55. The van der Waals surface area contributed by atoms with Crippen molar-refractivity contribution in [3.8, 4) is 44.6 Å². The van der Waals surface area contributed by atoms with Gasteiger partial charge in [-0.3, -0.25) is 4.98 Å². The van der Waals surface area contributed by atoms with Crippen molar-refractivity contribution in [3.05, 3.63) is 188 Å². The Hall–Kier alpha value is -7.10. The molecule has 0 saturated heterocycles. The second-order valence-corrected chi connectivity index (χ2v) is 14.1. The van der Waals surface area contributed by atoms with Gasteiger partial charge in [0.25, 0.3) is 0 Å². The SMILES string of the molecule is Cc1c(-c2ccc(N3c4ccccc4-c4cccc5cccc3c45)c3ccccc23)nc2ccccc2c1-c1ccc(-c2cccc3cccnc23)cc1. The molecule has 0 saturated carbocycles. The molecule has 0 spiro atoms. The van der Waals surface area contributed by atoms with Crippen LogP contribution in [0.25, 0.3) is 88.0 Å². The molecule has 0 atom stereocenters. The molecule has 0 bridgehead atoms. The second kappa shape index (κ2) is 12.0. The van der Waals surface area contributed by atoms with Gasteiger partial charge >= 0.3 is 0 Å². The van der Waals surface area contributed by atoms with E-state index in [2.05, 4.69) is 182 Å². The van der Waals surface area contributed by atoms with Crippen LogP contribution in [-0.4, -0.2) is 9.97 Å². The Morgan fingerprint density at radius 3 is 1.94 bits per heavy atom. The standard InChI is InChI=1S/C51H33N3/c1-32-48(35-27-25-33(26-28-35)37-20-9-14-36-15-11-31-52-51(36)37)43-19-4-6-22-44(43)53-50(32)42-29-30-46(39-17-3-2-16-38(39)42)54-45-23-7-5-18-40(45)41-21-8-12-34-13-10-24-47(54)49(34)41/h2-31H,1H3. The molecule has 3 heteroatoms. The van der Waals surface area contributed by atoms with Gasteiger partial charge in [0.1, 0.15) is 0 Å². The van der Waals surface area contributed by atoms with Crippen LogP contribution in [0.1, 0.15) is 5.56 Å². The van der Waals surface area contributed by atoms with Gasteiger partial charge < -0.3 is 4.90 Å². The molecule has 11 rings (SSSR count). The summed E-state index contributed by atoms with van der Waals surface area (Å²) in [6, 6.07) is 63.5. The number of para-hydroxylation sites is 3. The fourth-order valence-electron chi connectivity index (χ4n) is 8.80. The summed E-state index contributed by atoms with van der Waals surface area (Å²) in [5, 5.41) is 7.18. The van der Waals surface area contributed by atoms with Crippen LogP contribution in [0.15, 0.2) is 182 Å². The Balaban J connectivity index is 1.10. The summed E-state index contributed by atoms with van der Waals surface area (Å²) in [7, 11) is 0. The minimum absolute atomic E-state index is 0.983. The van der Waals surface area contributed by atoms with E-state index in [0.717, 1.165) is 55.4 Å². The Kier molecular flexibility index (Phi) is 6.77. The molecule has 0 unspecified atom stereocenters. The number of rotatable bonds is 4. The Morgan fingerprint density at radius 1 is 0.426 bits per heavy atom. The largest absolute Gasteiger partial charge is 0.309 e. The number of fused-ring (bicyclic) bond motifs is 5. The lowest BCUT2D eigenvalue weighted by Crippen LogP contribution is -2.15. The van der Waals surface area contributed by atoms with Gasteiger partial charge in [0.15, 0.2) is 0 Å². The molecule has 54 heavy (non-hydrogen) atoms. The first-order valence-electron chi connectivity index (χ1n) is 18.5. The third-order valence-corrected chi connectivity index (χ3v) is 11.2. The molecule has 1 aliphatic rings. The zero-order valence-electron chi connectivity index (χ0n) is 29.7. The minimum Gasteiger partial charge on any atom is -0.309 e. The lowest BCUT2D eigenvalue weighted by Gasteiger charge is -2.34. The fourth-order valence-corrected chi connectivity index (χ4v) is 8.80. The van der Waals surface area contributed by atoms with Crippen molar-refractivity contribution >= 4 is 60.4 Å². The highest BCUT2D eigenvalue weighted by atomic mass is 15.2. The first-order chi connectivity index (χ1) is 26.7. The summed E-state index contributed by atoms with van der Waals surface area (Å²) in [6.45, 7) is 2.23. The maximum absolute atomic E-state index is 5.40. The summed E-state index contributed by atoms with van der Waals surface area (Å²) in [5.41, 5.74) is 16.0. The molecule has 0 aliphatic carbocycles. The summed E-state index contributed by atoms with van der Waals surface area (Å²) in [6.07, 6.45) is 1.87. The second-order valence-electron chi connectivity index (χ2n) is 14.1. The van der Waals surface area contributed by atoms with Crippen molar-refractivity contribution in [3.63, 3.8) is 0 Å². The van der Waals surface area contributed by atoms with Crippen molar-refractivity contribution in [2.24, 2.45) is 0 Å². The van der Waals surface area contributed by atoms with Crippen molar-refractivity contribution in [2.45, 2.75) is 6.92 Å². The normalized spacial score (nSPS) is 12.1. The topological polar surface area (TPSA) is 29.0 Å². The smallest absolute Gasteiger partial charge is 0.0780 e. The van der Waals surface area contributed by atoms with E-state index in [9.17, 15) is 0 Å². The molecule has 10 aromatic rings. The van der Waals surface area contributed by atoms with E-state index >= 15 is 0 Å². The molecule has 0 radical (unpaired) electrons. The van der Waals surface area contributed by atoms with Crippen LogP contribution >= 0.6 is 0 Å². The van der Waals surface area contributed by atoms with Gasteiger partial charge in [-0.2, -0.15) is 0 Å². The van der Waals surface area contributed by atoms with Crippen LogP contribution in [0.2, 0.25) is 0 Å². The molecule has 3 nitrogen and oxygen atoms in total. The Bertz CT molecular complexity index is 3110. The molecule has 0 N–H and O–H groups in total. The van der Waals surface area contributed by atoms with Crippen molar-refractivity contribution < 1.29 is 0 Å². The summed E-state index contributed by atoms with van der Waals surface area (Å²) in [4.78, 5) is 12.6. The van der Waals surface area contributed by atoms with Crippen LogP contribution in [-0.2, 0) is 0 Å². The first kappa shape index (κ1) is 30.5. The molecule has 8 aromatic carbocycles. The Morgan fingerprint density at radius 2 is 1.07 bits per heavy atom. The predicted octanol–water partition coefficient (Wildman–Crippen LogP) is 13.8. The van der Waals surface area contributed by atoms with E-state index in [4.69, 9.17) is 9.97 Å². The number of anilines is 3. The Labute approximate surface area is 313 Å². The van der Waals surface area contributed by atoms with Gasteiger partial charge in [-0.05, 0) is 75.8 Å². The average Bonchev–Trinajstić information content (AvgIpc) is 3.23. The van der Waals surface area contributed by atoms with Crippen LogP contribution in [0.4, 0.5) is 17.1 Å². The summed E-state index contributed by atoms with van der Waals surface area (Å²) < 4.78 is 0. The quantitative estimate of drug-likeness (QED) is 0.184. The lowest BCUT2D eigenvalue weighted by atomic mass is 9.89. The monoisotopic (exact) mass is 687 g/mol. The molecular formula is C51H33N3. The van der Waals surface area contributed by atoms with E-state index in [1.807, 2.05) is 12.3 Å². The van der Waals surface area contributed by atoms with E-state index in [1.165, 1.54) is 55.2 Å². The average molecular weight is 688 g/mol. The summed E-state index contributed by atoms with van der Waals surface area (Å²) >= 11 is 0. The zero-order chi connectivity index (χ0) is 35.8. The molecule has 252 valence electrons. The molecule has 2 aromatic heterocycles. The number of pyridine rings is 2. The molecular weight excluding hydrogens is 655 g/mol. The summed E-state index contributed by atoms with van der Waals surface area (Å²) in [5.74, 6) is 0. The van der Waals surface area contributed by atoms with Crippen molar-refractivity contribution in [1.82, 2.24) is 9.97 Å². The number of hydrogen-bond acceptors (Lipinski definition) is 3. The van der Waals surface area contributed by atoms with E-state index in [1.54, 1.807) is 0 Å². The molecule has 0 fully saturated rings. The van der Waals surface area contributed by atoms with Gasteiger partial charge in [0, 0.05) is 44.4 Å². The number of aromatic nitrogens is 2. The third-order valence-electron chi connectivity index (χ3n) is 11.2. The van der Waals surface area contributed by atoms with Gasteiger partial charge in [0.2, 0.25) is 0 Å². The van der Waals surface area contributed by atoms with Crippen molar-refractivity contribution in [2.75, 3.05) is 4.90 Å².